The second-order valence-corrected chi connectivity index (χ2v) is 16.5. The maximum absolute atomic E-state index is 2.55. The normalized spacial score (nSPS) is 12.1. The van der Waals surface area contributed by atoms with Gasteiger partial charge in [0.15, 0.2) is 0 Å². The Labute approximate surface area is 338 Å². The van der Waals surface area contributed by atoms with Gasteiger partial charge < -0.3 is 0 Å². The molecule has 0 aliphatic carbocycles. The predicted octanol–water partition coefficient (Wildman–Crippen LogP) is 16.5. The van der Waals surface area contributed by atoms with E-state index in [0.29, 0.717) is 0 Å². The SMILES string of the molecule is Cc1ccccc1-c1ccc(-c2ccccc2C)c2c3cc4c(cc5c6c(-c7ccccc7C)ccc(-c7ccccc7C)c6c6cccc4c65)c4cccc(c12)c43. The second kappa shape index (κ2) is 12.2. The topological polar surface area (TPSA) is 0 Å². The van der Waals surface area contributed by atoms with Crippen LogP contribution in [-0.2, 0) is 0 Å². The van der Waals surface area contributed by atoms with Crippen molar-refractivity contribution in [2.45, 2.75) is 27.7 Å². The molecule has 272 valence electrons. The summed E-state index contributed by atoms with van der Waals surface area (Å²) in [5.74, 6) is 0. The van der Waals surface area contributed by atoms with Crippen molar-refractivity contribution in [2.24, 2.45) is 0 Å². The molecular formula is C58H40. The van der Waals surface area contributed by atoms with Crippen LogP contribution in [0.25, 0.3) is 120 Å². The fourth-order valence-corrected chi connectivity index (χ4v) is 10.7. The summed E-state index contributed by atoms with van der Waals surface area (Å²) in [6, 6.07) is 64.2. The maximum atomic E-state index is 2.55. The highest BCUT2D eigenvalue weighted by atomic mass is 14.3. The molecule has 58 heavy (non-hydrogen) atoms. The van der Waals surface area contributed by atoms with E-state index in [1.54, 1.807) is 0 Å². The molecule has 0 N–H and O–H groups in total. The van der Waals surface area contributed by atoms with E-state index in [1.807, 2.05) is 0 Å². The van der Waals surface area contributed by atoms with E-state index in [0.717, 1.165) is 0 Å². The molecule has 0 heterocycles. The van der Waals surface area contributed by atoms with E-state index in [-0.39, 0.29) is 0 Å². The zero-order chi connectivity index (χ0) is 38.8. The molecule has 12 rings (SSSR count). The first-order valence-electron chi connectivity index (χ1n) is 20.5. The summed E-state index contributed by atoms with van der Waals surface area (Å²) in [6.07, 6.45) is 0. The Kier molecular flexibility index (Phi) is 7.00. The lowest BCUT2D eigenvalue weighted by Crippen LogP contribution is -1.88. The van der Waals surface area contributed by atoms with Crippen LogP contribution in [-0.4, -0.2) is 0 Å². The largest absolute Gasteiger partial charge is 0.0620 e. The van der Waals surface area contributed by atoms with Crippen LogP contribution in [0.15, 0.2) is 170 Å². The van der Waals surface area contributed by atoms with Gasteiger partial charge in [-0.05, 0) is 182 Å². The summed E-state index contributed by atoms with van der Waals surface area (Å²) < 4.78 is 0. The number of fused-ring (bicyclic) bond motifs is 9. The standard InChI is InChI=1S/C58H40/c1-33-15-5-9-19-37(33)43-27-29-45(39-21-11-7-17-35(39)3)57-51-31-49-42-24-14-26-48-54(42)52(32-50(49)41-23-13-25-47(53(41)51)55(43)57)58-46(40-22-12-8-18-36(40)4)30-28-44(56(48)58)38-20-10-6-16-34(38)2/h5-32H,1-4H3. The molecule has 0 spiro atoms. The van der Waals surface area contributed by atoms with Gasteiger partial charge in [0.25, 0.3) is 0 Å². The molecule has 12 aromatic carbocycles. The smallest absolute Gasteiger partial charge is 0.00136 e. The fraction of sp³-hybridized carbons (Fsp3) is 0.0690. The van der Waals surface area contributed by atoms with Gasteiger partial charge in [-0.2, -0.15) is 0 Å². The zero-order valence-corrected chi connectivity index (χ0v) is 33.2. The van der Waals surface area contributed by atoms with Crippen LogP contribution in [0.4, 0.5) is 0 Å². The van der Waals surface area contributed by atoms with E-state index < -0.39 is 0 Å². The summed E-state index contributed by atoms with van der Waals surface area (Å²) in [6.45, 7) is 8.97. The lowest BCUT2D eigenvalue weighted by Gasteiger charge is -2.14. The van der Waals surface area contributed by atoms with Gasteiger partial charge in [0.1, 0.15) is 0 Å². The Morgan fingerprint density at radius 1 is 0.190 bits per heavy atom. The molecular weight excluding hydrogens is 697 g/mol. The van der Waals surface area contributed by atoms with Crippen LogP contribution in [0.3, 0.4) is 0 Å². The van der Waals surface area contributed by atoms with Gasteiger partial charge in [0.05, 0.1) is 0 Å². The van der Waals surface area contributed by atoms with E-state index in [4.69, 9.17) is 0 Å². The minimum absolute atomic E-state index is 1.29. The molecule has 0 nitrogen and oxygen atoms in total. The first-order valence-corrected chi connectivity index (χ1v) is 20.5. The molecule has 0 amide bonds. The van der Waals surface area contributed by atoms with Crippen LogP contribution in [0.1, 0.15) is 22.3 Å². The first kappa shape index (κ1) is 33.2. The van der Waals surface area contributed by atoms with Gasteiger partial charge in [0, 0.05) is 0 Å². The lowest BCUT2D eigenvalue weighted by atomic mass is 9.89. The van der Waals surface area contributed by atoms with E-state index in [1.165, 1.54) is 142 Å². The van der Waals surface area contributed by atoms with Crippen LogP contribution >= 0.6 is 0 Å². The highest BCUT2D eigenvalue weighted by molar-refractivity contribution is 6.44. The van der Waals surface area contributed by atoms with Crippen molar-refractivity contribution in [2.75, 3.05) is 0 Å². The van der Waals surface area contributed by atoms with Crippen LogP contribution in [0.2, 0.25) is 0 Å². The second-order valence-electron chi connectivity index (χ2n) is 16.5. The molecule has 0 aliphatic rings. The Bertz CT molecular complexity index is 3410. The summed E-state index contributed by atoms with van der Waals surface area (Å²) in [5, 5.41) is 18.7. The summed E-state index contributed by atoms with van der Waals surface area (Å²) in [4.78, 5) is 0. The van der Waals surface area contributed by atoms with Crippen molar-refractivity contribution in [1.29, 1.82) is 0 Å². The van der Waals surface area contributed by atoms with Crippen molar-refractivity contribution in [3.63, 3.8) is 0 Å². The first-order chi connectivity index (χ1) is 28.5. The fourth-order valence-electron chi connectivity index (χ4n) is 10.7. The molecule has 0 saturated heterocycles. The lowest BCUT2D eigenvalue weighted by molar-refractivity contribution is 1.46. The van der Waals surface area contributed by atoms with Gasteiger partial charge in [-0.15, -0.1) is 0 Å². The molecule has 0 heteroatoms. The molecule has 0 fully saturated rings. The van der Waals surface area contributed by atoms with Crippen LogP contribution in [0.5, 0.6) is 0 Å². The van der Waals surface area contributed by atoms with Crippen molar-refractivity contribution in [3.8, 4) is 44.5 Å². The number of rotatable bonds is 4. The molecule has 0 saturated carbocycles. The zero-order valence-electron chi connectivity index (χ0n) is 33.2. The highest BCUT2D eigenvalue weighted by Crippen LogP contribution is 2.53. The molecule has 0 bridgehead atoms. The molecule has 0 radical (unpaired) electrons. The molecule has 12 aromatic rings. The number of benzene rings is 10. The number of aryl methyl sites for hydroxylation is 4. The summed E-state index contributed by atoms with van der Waals surface area (Å²) >= 11 is 0. The summed E-state index contributed by atoms with van der Waals surface area (Å²) in [5.41, 5.74) is 15.5. The Balaban J connectivity index is 1.30. The third-order valence-corrected chi connectivity index (χ3v) is 13.3. The Morgan fingerprint density at radius 2 is 0.466 bits per heavy atom. The average Bonchev–Trinajstić information content (AvgIpc) is 3.77. The molecule has 0 aliphatic heterocycles. The summed E-state index contributed by atoms with van der Waals surface area (Å²) in [7, 11) is 0. The van der Waals surface area contributed by atoms with Crippen molar-refractivity contribution in [1.82, 2.24) is 0 Å². The van der Waals surface area contributed by atoms with Gasteiger partial charge >= 0.3 is 0 Å². The molecule has 0 unspecified atom stereocenters. The third kappa shape index (κ3) is 4.46. The van der Waals surface area contributed by atoms with Crippen molar-refractivity contribution >= 4 is 75.4 Å². The molecule has 0 aromatic heterocycles. The number of hydrogen-bond acceptors (Lipinski definition) is 0. The van der Waals surface area contributed by atoms with Crippen molar-refractivity contribution < 1.29 is 0 Å². The third-order valence-electron chi connectivity index (χ3n) is 13.3. The minimum atomic E-state index is 1.29. The van der Waals surface area contributed by atoms with Gasteiger partial charge in [-0.3, -0.25) is 0 Å². The van der Waals surface area contributed by atoms with Gasteiger partial charge in [0.2, 0.25) is 0 Å². The van der Waals surface area contributed by atoms with E-state index in [9.17, 15) is 0 Å². The van der Waals surface area contributed by atoms with Crippen LogP contribution in [0, 0.1) is 27.7 Å². The quantitative estimate of drug-likeness (QED) is 0.158. The average molecular weight is 737 g/mol. The molecule has 0 atom stereocenters. The van der Waals surface area contributed by atoms with Crippen LogP contribution < -0.4 is 0 Å². The minimum Gasteiger partial charge on any atom is -0.0620 e. The van der Waals surface area contributed by atoms with E-state index in [2.05, 4.69) is 198 Å². The Hall–Kier alpha value is -7.02. The predicted molar refractivity (Wildman–Crippen MR) is 252 cm³/mol. The van der Waals surface area contributed by atoms with Gasteiger partial charge in [-0.1, -0.05) is 158 Å². The highest BCUT2D eigenvalue weighted by Gasteiger charge is 2.25. The van der Waals surface area contributed by atoms with E-state index >= 15 is 0 Å². The van der Waals surface area contributed by atoms with Gasteiger partial charge in [-0.25, -0.2) is 0 Å². The Morgan fingerprint density at radius 3 is 0.776 bits per heavy atom. The monoisotopic (exact) mass is 736 g/mol. The number of hydrogen-bond donors (Lipinski definition) is 0. The van der Waals surface area contributed by atoms with Crippen molar-refractivity contribution in [3.05, 3.63) is 192 Å². The maximum Gasteiger partial charge on any atom is -0.00136 e.